The SMILES string of the molecule is Cc1ccc(NC(=O)C(C)Sc2nnc(-c3cccs3)n2N)c(Br)c1. The number of halogens is 1. The number of carbonyl (C=O) groups excluding carboxylic acids is 1. The van der Waals surface area contributed by atoms with Crippen molar-refractivity contribution in [2.24, 2.45) is 0 Å². The number of rotatable bonds is 5. The van der Waals surface area contributed by atoms with Crippen molar-refractivity contribution < 1.29 is 4.79 Å². The molecular formula is C16H16BrN5OS2. The van der Waals surface area contributed by atoms with Gasteiger partial charge in [0.15, 0.2) is 5.82 Å². The Morgan fingerprint density at radius 1 is 1.40 bits per heavy atom. The molecule has 0 radical (unpaired) electrons. The first-order chi connectivity index (χ1) is 12.0. The first-order valence-corrected chi connectivity index (χ1v) is 9.99. The molecule has 0 fully saturated rings. The second kappa shape index (κ2) is 7.59. The zero-order valence-corrected chi connectivity index (χ0v) is 16.8. The van der Waals surface area contributed by atoms with Gasteiger partial charge in [0.1, 0.15) is 0 Å². The molecule has 2 aromatic heterocycles. The van der Waals surface area contributed by atoms with Gasteiger partial charge in [-0.1, -0.05) is 23.9 Å². The number of carbonyl (C=O) groups is 1. The minimum absolute atomic E-state index is 0.129. The number of aromatic nitrogens is 3. The van der Waals surface area contributed by atoms with Gasteiger partial charge in [-0.3, -0.25) is 4.79 Å². The highest BCUT2D eigenvalue weighted by Gasteiger charge is 2.20. The second-order valence-corrected chi connectivity index (χ2v) is 8.50. The lowest BCUT2D eigenvalue weighted by Gasteiger charge is -2.13. The molecule has 0 bridgehead atoms. The van der Waals surface area contributed by atoms with Crippen LogP contribution < -0.4 is 11.2 Å². The highest BCUT2D eigenvalue weighted by molar-refractivity contribution is 9.10. The smallest absolute Gasteiger partial charge is 0.237 e. The molecule has 0 aliphatic carbocycles. The van der Waals surface area contributed by atoms with E-state index in [1.165, 1.54) is 27.8 Å². The summed E-state index contributed by atoms with van der Waals surface area (Å²) in [4.78, 5) is 13.4. The Hall–Kier alpha value is -1.84. The Balaban J connectivity index is 1.69. The number of nitrogens with two attached hydrogens (primary N) is 1. The van der Waals surface area contributed by atoms with Gasteiger partial charge in [-0.05, 0) is 58.9 Å². The van der Waals surface area contributed by atoms with Crippen LogP contribution in [0.2, 0.25) is 0 Å². The molecule has 0 spiro atoms. The summed E-state index contributed by atoms with van der Waals surface area (Å²) in [6.45, 7) is 3.80. The first kappa shape index (κ1) is 18.0. The summed E-state index contributed by atoms with van der Waals surface area (Å²) >= 11 is 6.26. The quantitative estimate of drug-likeness (QED) is 0.466. The summed E-state index contributed by atoms with van der Waals surface area (Å²) in [7, 11) is 0. The Bertz CT molecular complexity index is 894. The van der Waals surface area contributed by atoms with Gasteiger partial charge in [0.05, 0.1) is 15.8 Å². The number of nitrogen functional groups attached to an aromatic ring is 1. The minimum Gasteiger partial charge on any atom is -0.335 e. The molecule has 2 heterocycles. The number of nitrogens with zero attached hydrogens (tertiary/aromatic N) is 3. The van der Waals surface area contributed by atoms with Crippen LogP contribution in [-0.2, 0) is 4.79 Å². The summed E-state index contributed by atoms with van der Waals surface area (Å²) < 4.78 is 2.27. The molecule has 3 rings (SSSR count). The van der Waals surface area contributed by atoms with E-state index < -0.39 is 0 Å². The van der Waals surface area contributed by atoms with Crippen molar-refractivity contribution >= 4 is 50.6 Å². The van der Waals surface area contributed by atoms with Crippen LogP contribution >= 0.6 is 39.0 Å². The Morgan fingerprint density at radius 2 is 2.20 bits per heavy atom. The summed E-state index contributed by atoms with van der Waals surface area (Å²) in [6.07, 6.45) is 0. The van der Waals surface area contributed by atoms with Gasteiger partial charge in [0, 0.05) is 4.47 Å². The second-order valence-electron chi connectivity index (χ2n) is 5.39. The van der Waals surface area contributed by atoms with Crippen LogP contribution in [0.15, 0.2) is 45.3 Å². The van der Waals surface area contributed by atoms with Crippen molar-refractivity contribution in [2.75, 3.05) is 11.2 Å². The van der Waals surface area contributed by atoms with Gasteiger partial charge in [-0.25, -0.2) is 4.68 Å². The van der Waals surface area contributed by atoms with Crippen LogP contribution in [0.4, 0.5) is 5.69 Å². The van der Waals surface area contributed by atoms with Crippen molar-refractivity contribution in [2.45, 2.75) is 24.3 Å². The Morgan fingerprint density at radius 3 is 2.88 bits per heavy atom. The summed E-state index contributed by atoms with van der Waals surface area (Å²) in [5, 5.41) is 13.2. The predicted octanol–water partition coefficient (Wildman–Crippen LogP) is 3.91. The van der Waals surface area contributed by atoms with Gasteiger partial charge < -0.3 is 11.2 Å². The van der Waals surface area contributed by atoms with E-state index in [4.69, 9.17) is 5.84 Å². The van der Waals surface area contributed by atoms with E-state index in [1.54, 1.807) is 0 Å². The molecule has 0 saturated heterocycles. The molecule has 0 saturated carbocycles. The van der Waals surface area contributed by atoms with Crippen LogP contribution in [0.25, 0.3) is 10.7 Å². The molecular weight excluding hydrogens is 422 g/mol. The molecule has 130 valence electrons. The number of thioether (sulfide) groups is 1. The van der Waals surface area contributed by atoms with Crippen LogP contribution in [0.1, 0.15) is 12.5 Å². The van der Waals surface area contributed by atoms with Gasteiger partial charge in [-0.15, -0.1) is 21.5 Å². The van der Waals surface area contributed by atoms with Gasteiger partial charge in [0.25, 0.3) is 0 Å². The number of hydrogen-bond donors (Lipinski definition) is 2. The molecule has 0 aliphatic rings. The van der Waals surface area contributed by atoms with Crippen molar-refractivity contribution in [3.8, 4) is 10.7 Å². The van der Waals surface area contributed by atoms with Crippen LogP contribution in [0.3, 0.4) is 0 Å². The number of anilines is 1. The van der Waals surface area contributed by atoms with Gasteiger partial charge in [0.2, 0.25) is 11.1 Å². The van der Waals surface area contributed by atoms with E-state index in [2.05, 4.69) is 31.4 Å². The summed E-state index contributed by atoms with van der Waals surface area (Å²) in [5.74, 6) is 6.53. The van der Waals surface area contributed by atoms with Crippen LogP contribution in [0.5, 0.6) is 0 Å². The topological polar surface area (TPSA) is 85.8 Å². The zero-order chi connectivity index (χ0) is 18.0. The van der Waals surface area contributed by atoms with Crippen molar-refractivity contribution in [3.63, 3.8) is 0 Å². The fraction of sp³-hybridized carbons (Fsp3) is 0.188. The molecule has 0 aliphatic heterocycles. The molecule has 1 atom stereocenters. The summed E-state index contributed by atoms with van der Waals surface area (Å²) in [5.41, 5.74) is 1.85. The highest BCUT2D eigenvalue weighted by atomic mass is 79.9. The minimum atomic E-state index is -0.379. The standard InChI is InChI=1S/C16H16BrN5OS2/c1-9-5-6-12(11(17)8-9)19-15(23)10(2)25-16-21-20-14(22(16)18)13-4-3-7-24-13/h3-8,10H,18H2,1-2H3,(H,19,23). The third-order valence-corrected chi connectivity index (χ3v) is 6.02. The average Bonchev–Trinajstić information content (AvgIpc) is 3.20. The van der Waals surface area contributed by atoms with E-state index in [9.17, 15) is 4.79 Å². The molecule has 1 aromatic carbocycles. The fourth-order valence-electron chi connectivity index (χ4n) is 2.10. The van der Waals surface area contributed by atoms with Crippen molar-refractivity contribution in [1.82, 2.24) is 14.9 Å². The third kappa shape index (κ3) is 4.05. The summed E-state index contributed by atoms with van der Waals surface area (Å²) in [6, 6.07) is 9.63. The number of benzene rings is 1. The maximum atomic E-state index is 12.5. The van der Waals surface area contributed by atoms with Crippen LogP contribution in [0, 0.1) is 6.92 Å². The molecule has 25 heavy (non-hydrogen) atoms. The highest BCUT2D eigenvalue weighted by Crippen LogP contribution is 2.28. The zero-order valence-electron chi connectivity index (χ0n) is 13.6. The van der Waals surface area contributed by atoms with E-state index in [0.29, 0.717) is 11.0 Å². The van der Waals surface area contributed by atoms with E-state index in [-0.39, 0.29) is 11.2 Å². The molecule has 3 N–H and O–H groups in total. The molecule has 9 heteroatoms. The number of aryl methyl sites for hydroxylation is 1. The average molecular weight is 438 g/mol. The third-order valence-electron chi connectivity index (χ3n) is 3.44. The van der Waals surface area contributed by atoms with E-state index in [1.807, 2.05) is 49.6 Å². The number of amides is 1. The normalized spacial score (nSPS) is 12.1. The van der Waals surface area contributed by atoms with Crippen LogP contribution in [-0.4, -0.2) is 26.0 Å². The lowest BCUT2D eigenvalue weighted by molar-refractivity contribution is -0.115. The Labute approximate surface area is 161 Å². The Kier molecular flexibility index (Phi) is 5.45. The largest absolute Gasteiger partial charge is 0.335 e. The monoisotopic (exact) mass is 437 g/mol. The molecule has 1 amide bonds. The molecule has 1 unspecified atom stereocenters. The fourth-order valence-corrected chi connectivity index (χ4v) is 4.17. The lowest BCUT2D eigenvalue weighted by Crippen LogP contribution is -2.23. The number of nitrogens with one attached hydrogen (secondary N) is 1. The van der Waals surface area contributed by atoms with Crippen molar-refractivity contribution in [3.05, 3.63) is 45.7 Å². The van der Waals surface area contributed by atoms with E-state index >= 15 is 0 Å². The van der Waals surface area contributed by atoms with Crippen molar-refractivity contribution in [1.29, 1.82) is 0 Å². The number of hydrogen-bond acceptors (Lipinski definition) is 6. The van der Waals surface area contributed by atoms with E-state index in [0.717, 1.165) is 20.6 Å². The molecule has 3 aromatic rings. The maximum Gasteiger partial charge on any atom is 0.237 e. The van der Waals surface area contributed by atoms with Gasteiger partial charge in [-0.2, -0.15) is 0 Å². The first-order valence-electron chi connectivity index (χ1n) is 7.43. The number of thiophene rings is 1. The predicted molar refractivity (Wildman–Crippen MR) is 106 cm³/mol. The molecule has 6 nitrogen and oxygen atoms in total. The lowest BCUT2D eigenvalue weighted by atomic mass is 10.2. The van der Waals surface area contributed by atoms with Gasteiger partial charge >= 0.3 is 0 Å². The maximum absolute atomic E-state index is 12.5.